The van der Waals surface area contributed by atoms with Gasteiger partial charge >= 0.3 is 0 Å². The maximum absolute atomic E-state index is 13.5. The standard InChI is InChI=1S/C17H17F2NO3/c1-23-14-4-2-3-12(9-14)16(21)17(22)20-8-7-11-5-6-13(18)10-15(11)19/h2-6,9-10,16,21H,7-8H2,1H3,(H,20,22). The first-order valence-corrected chi connectivity index (χ1v) is 7.05. The predicted octanol–water partition coefficient (Wildman–Crippen LogP) is 2.37. The monoisotopic (exact) mass is 321 g/mol. The summed E-state index contributed by atoms with van der Waals surface area (Å²) in [5.41, 5.74) is 0.692. The Morgan fingerprint density at radius 1 is 1.26 bits per heavy atom. The van der Waals surface area contributed by atoms with E-state index in [1.54, 1.807) is 24.3 Å². The van der Waals surface area contributed by atoms with Gasteiger partial charge in [0.2, 0.25) is 0 Å². The Bertz CT molecular complexity index is 691. The zero-order valence-electron chi connectivity index (χ0n) is 12.6. The van der Waals surface area contributed by atoms with Crippen molar-refractivity contribution < 1.29 is 23.4 Å². The van der Waals surface area contributed by atoms with Gasteiger partial charge in [0.1, 0.15) is 17.4 Å². The molecule has 0 aliphatic heterocycles. The van der Waals surface area contributed by atoms with Crippen molar-refractivity contribution in [2.75, 3.05) is 13.7 Å². The largest absolute Gasteiger partial charge is 0.497 e. The fraction of sp³-hybridized carbons (Fsp3) is 0.235. The fourth-order valence-corrected chi connectivity index (χ4v) is 2.10. The van der Waals surface area contributed by atoms with Gasteiger partial charge in [-0.05, 0) is 35.7 Å². The van der Waals surface area contributed by atoms with Crippen LogP contribution in [0.25, 0.3) is 0 Å². The van der Waals surface area contributed by atoms with Crippen molar-refractivity contribution in [3.8, 4) is 5.75 Å². The molecule has 0 bridgehead atoms. The highest BCUT2D eigenvalue weighted by Gasteiger charge is 2.17. The van der Waals surface area contributed by atoms with Gasteiger partial charge in [-0.25, -0.2) is 8.78 Å². The highest BCUT2D eigenvalue weighted by molar-refractivity contribution is 5.82. The molecule has 0 heterocycles. The summed E-state index contributed by atoms with van der Waals surface area (Å²) >= 11 is 0. The molecule has 0 aliphatic carbocycles. The molecule has 1 unspecified atom stereocenters. The fourth-order valence-electron chi connectivity index (χ4n) is 2.10. The van der Waals surface area contributed by atoms with Gasteiger partial charge in [-0.3, -0.25) is 4.79 Å². The lowest BCUT2D eigenvalue weighted by atomic mass is 10.1. The molecule has 1 atom stereocenters. The Balaban J connectivity index is 1.91. The molecule has 2 aromatic carbocycles. The summed E-state index contributed by atoms with van der Waals surface area (Å²) in [5, 5.41) is 12.5. The Morgan fingerprint density at radius 2 is 2.04 bits per heavy atom. The second-order valence-electron chi connectivity index (χ2n) is 4.96. The molecule has 0 aliphatic rings. The van der Waals surface area contributed by atoms with E-state index in [1.807, 2.05) is 0 Å². The van der Waals surface area contributed by atoms with Crippen molar-refractivity contribution in [2.45, 2.75) is 12.5 Å². The molecule has 0 fully saturated rings. The van der Waals surface area contributed by atoms with Crippen LogP contribution in [0.5, 0.6) is 5.75 Å². The molecule has 2 N–H and O–H groups in total. The van der Waals surface area contributed by atoms with Crippen LogP contribution in [0.15, 0.2) is 42.5 Å². The van der Waals surface area contributed by atoms with Gasteiger partial charge in [-0.1, -0.05) is 18.2 Å². The van der Waals surface area contributed by atoms with Crippen LogP contribution in [0.3, 0.4) is 0 Å². The van der Waals surface area contributed by atoms with Gasteiger partial charge < -0.3 is 15.2 Å². The molecule has 2 rings (SSSR count). The summed E-state index contributed by atoms with van der Waals surface area (Å²) in [6.07, 6.45) is -1.15. The molecule has 122 valence electrons. The van der Waals surface area contributed by atoms with Crippen molar-refractivity contribution in [1.82, 2.24) is 5.32 Å². The molecule has 23 heavy (non-hydrogen) atoms. The average molecular weight is 321 g/mol. The van der Waals surface area contributed by atoms with Crippen molar-refractivity contribution >= 4 is 5.91 Å². The first kappa shape index (κ1) is 16.9. The second kappa shape index (κ2) is 7.69. The van der Waals surface area contributed by atoms with E-state index in [-0.39, 0.29) is 13.0 Å². The Hall–Kier alpha value is -2.47. The first-order valence-electron chi connectivity index (χ1n) is 7.05. The van der Waals surface area contributed by atoms with Crippen molar-refractivity contribution in [1.29, 1.82) is 0 Å². The van der Waals surface area contributed by atoms with Crippen LogP contribution in [0, 0.1) is 11.6 Å². The summed E-state index contributed by atoms with van der Waals surface area (Å²) in [6.45, 7) is 0.127. The quantitative estimate of drug-likeness (QED) is 0.859. The van der Waals surface area contributed by atoms with Crippen LogP contribution in [0.4, 0.5) is 8.78 Å². The molecule has 0 saturated carbocycles. The minimum atomic E-state index is -1.34. The number of rotatable bonds is 6. The van der Waals surface area contributed by atoms with Crippen LogP contribution in [0.2, 0.25) is 0 Å². The molecular weight excluding hydrogens is 304 g/mol. The average Bonchev–Trinajstić information content (AvgIpc) is 2.56. The summed E-state index contributed by atoms with van der Waals surface area (Å²) < 4.78 is 31.3. The molecule has 0 aromatic heterocycles. The van der Waals surface area contributed by atoms with Crippen molar-refractivity contribution in [3.63, 3.8) is 0 Å². The normalized spacial score (nSPS) is 11.8. The lowest BCUT2D eigenvalue weighted by Gasteiger charge is -2.13. The van der Waals surface area contributed by atoms with E-state index in [9.17, 15) is 18.7 Å². The Labute approximate surface area is 132 Å². The predicted molar refractivity (Wildman–Crippen MR) is 81.0 cm³/mol. The number of carbonyl (C=O) groups excluding carboxylic acids is 1. The van der Waals surface area contributed by atoms with Crippen LogP contribution >= 0.6 is 0 Å². The summed E-state index contributed by atoms with van der Waals surface area (Å²) in [6, 6.07) is 9.81. The maximum Gasteiger partial charge on any atom is 0.253 e. The first-order chi connectivity index (χ1) is 11.0. The number of amides is 1. The number of benzene rings is 2. The van der Waals surface area contributed by atoms with E-state index in [2.05, 4.69) is 5.32 Å². The third-order valence-corrected chi connectivity index (χ3v) is 3.37. The second-order valence-corrected chi connectivity index (χ2v) is 4.96. The van der Waals surface area contributed by atoms with Gasteiger partial charge in [0.05, 0.1) is 7.11 Å². The van der Waals surface area contributed by atoms with Crippen LogP contribution < -0.4 is 10.1 Å². The van der Waals surface area contributed by atoms with E-state index in [4.69, 9.17) is 4.74 Å². The maximum atomic E-state index is 13.5. The minimum absolute atomic E-state index is 0.127. The van der Waals surface area contributed by atoms with Gasteiger partial charge in [0.25, 0.3) is 5.91 Å². The van der Waals surface area contributed by atoms with Crippen molar-refractivity contribution in [2.24, 2.45) is 0 Å². The smallest absolute Gasteiger partial charge is 0.253 e. The van der Waals surface area contributed by atoms with Crippen LogP contribution in [-0.2, 0) is 11.2 Å². The molecule has 2 aromatic rings. The summed E-state index contributed by atoms with van der Waals surface area (Å²) in [4.78, 5) is 11.9. The van der Waals surface area contributed by atoms with Gasteiger partial charge in [0, 0.05) is 12.6 Å². The van der Waals surface area contributed by atoms with E-state index < -0.39 is 23.6 Å². The molecule has 6 heteroatoms. The number of halogens is 2. The lowest BCUT2D eigenvalue weighted by molar-refractivity contribution is -0.129. The Kier molecular flexibility index (Phi) is 5.65. The van der Waals surface area contributed by atoms with Crippen LogP contribution in [-0.4, -0.2) is 24.7 Å². The molecular formula is C17H17F2NO3. The van der Waals surface area contributed by atoms with E-state index >= 15 is 0 Å². The number of hydrogen-bond acceptors (Lipinski definition) is 3. The third-order valence-electron chi connectivity index (χ3n) is 3.37. The number of hydrogen-bond donors (Lipinski definition) is 2. The third kappa shape index (κ3) is 4.50. The number of ether oxygens (including phenoxy) is 1. The highest BCUT2D eigenvalue weighted by atomic mass is 19.1. The van der Waals surface area contributed by atoms with Crippen LogP contribution in [0.1, 0.15) is 17.2 Å². The number of aliphatic hydroxyl groups excluding tert-OH is 1. The molecule has 0 radical (unpaired) electrons. The number of methoxy groups -OCH3 is 1. The van der Waals surface area contributed by atoms with E-state index in [1.165, 1.54) is 13.2 Å². The van der Waals surface area contributed by atoms with E-state index in [0.29, 0.717) is 16.9 Å². The van der Waals surface area contributed by atoms with Gasteiger partial charge in [0.15, 0.2) is 6.10 Å². The highest BCUT2D eigenvalue weighted by Crippen LogP contribution is 2.19. The number of aliphatic hydroxyl groups is 1. The SMILES string of the molecule is COc1cccc(C(O)C(=O)NCCc2ccc(F)cc2F)c1. The van der Waals surface area contributed by atoms with Crippen molar-refractivity contribution in [3.05, 3.63) is 65.2 Å². The molecule has 1 amide bonds. The molecule has 0 saturated heterocycles. The zero-order valence-corrected chi connectivity index (χ0v) is 12.6. The van der Waals surface area contributed by atoms with Gasteiger partial charge in [-0.2, -0.15) is 0 Å². The number of carbonyl (C=O) groups is 1. The Morgan fingerprint density at radius 3 is 2.74 bits per heavy atom. The number of nitrogens with one attached hydrogen (secondary N) is 1. The lowest BCUT2D eigenvalue weighted by Crippen LogP contribution is -2.31. The zero-order chi connectivity index (χ0) is 16.8. The minimum Gasteiger partial charge on any atom is -0.497 e. The topological polar surface area (TPSA) is 58.6 Å². The molecule has 0 spiro atoms. The summed E-state index contributed by atoms with van der Waals surface area (Å²) in [7, 11) is 1.49. The van der Waals surface area contributed by atoms with Gasteiger partial charge in [-0.15, -0.1) is 0 Å². The molecule has 4 nitrogen and oxygen atoms in total. The van der Waals surface area contributed by atoms with E-state index in [0.717, 1.165) is 12.1 Å². The summed E-state index contributed by atoms with van der Waals surface area (Å²) in [5.74, 6) is -1.38.